The normalized spacial score (nSPS) is 10.4. The van der Waals surface area contributed by atoms with Gasteiger partial charge in [0.05, 0.1) is 12.3 Å². The summed E-state index contributed by atoms with van der Waals surface area (Å²) < 4.78 is 5.48. The van der Waals surface area contributed by atoms with Gasteiger partial charge in [-0.25, -0.2) is 0 Å². The van der Waals surface area contributed by atoms with Crippen molar-refractivity contribution in [2.45, 2.75) is 19.8 Å². The number of anilines is 2. The highest BCUT2D eigenvalue weighted by Crippen LogP contribution is 2.20. The summed E-state index contributed by atoms with van der Waals surface area (Å²) in [6.45, 7) is 3.76. The van der Waals surface area contributed by atoms with Gasteiger partial charge in [0.25, 0.3) is 0 Å². The van der Waals surface area contributed by atoms with Crippen molar-refractivity contribution in [3.63, 3.8) is 0 Å². The third-order valence-corrected chi connectivity index (χ3v) is 3.40. The molecule has 0 unspecified atom stereocenters. The number of nitrogens with two attached hydrogens (primary N) is 1. The van der Waals surface area contributed by atoms with E-state index >= 15 is 0 Å². The summed E-state index contributed by atoms with van der Waals surface area (Å²) in [5, 5.41) is 11.9. The summed E-state index contributed by atoms with van der Waals surface area (Å²) in [7, 11) is 0. The minimum Gasteiger partial charge on any atom is -0.476 e. The lowest BCUT2D eigenvalue weighted by Gasteiger charge is -2.10. The van der Waals surface area contributed by atoms with Crippen molar-refractivity contribution in [3.8, 4) is 5.88 Å². The van der Waals surface area contributed by atoms with Gasteiger partial charge in [-0.15, -0.1) is 0 Å². The van der Waals surface area contributed by atoms with Crippen molar-refractivity contribution in [2.75, 3.05) is 42.3 Å². The Hall–Kier alpha value is -1.14. The van der Waals surface area contributed by atoms with Crippen molar-refractivity contribution in [1.82, 2.24) is 4.98 Å². The number of aliphatic hydroxyl groups excluding tert-OH is 1. The van der Waals surface area contributed by atoms with E-state index in [-0.39, 0.29) is 6.61 Å². The quantitative estimate of drug-likeness (QED) is 0.570. The number of hydrogen-bond acceptors (Lipinski definition) is 6. The van der Waals surface area contributed by atoms with Gasteiger partial charge in [-0.2, -0.15) is 16.7 Å². The van der Waals surface area contributed by atoms with Crippen LogP contribution in [0.4, 0.5) is 11.5 Å². The summed E-state index contributed by atoms with van der Waals surface area (Å²) in [6.07, 6.45) is 1.78. The van der Waals surface area contributed by atoms with Crippen molar-refractivity contribution < 1.29 is 9.84 Å². The molecule has 1 rings (SSSR count). The lowest BCUT2D eigenvalue weighted by Crippen LogP contribution is -2.08. The smallest absolute Gasteiger partial charge is 0.239 e. The second-order valence-corrected chi connectivity index (χ2v) is 5.28. The standard InChI is InChI=1S/C13H23N3O2S/c1-2-8-18-13-11(14)4-5-12(16-13)15-6-10-19-9-3-7-17/h4-5,17H,2-3,6-10,14H2,1H3,(H,15,16). The lowest BCUT2D eigenvalue weighted by molar-refractivity contribution is 0.296. The number of nitrogens with zero attached hydrogens (tertiary/aromatic N) is 1. The third kappa shape index (κ3) is 6.54. The van der Waals surface area contributed by atoms with Crippen LogP contribution in [0.1, 0.15) is 19.8 Å². The fourth-order valence-corrected chi connectivity index (χ4v) is 2.17. The number of rotatable bonds is 10. The molecule has 0 aliphatic rings. The molecule has 0 atom stereocenters. The molecule has 0 spiro atoms. The van der Waals surface area contributed by atoms with Gasteiger partial charge < -0.3 is 20.9 Å². The molecule has 5 nitrogen and oxygen atoms in total. The maximum Gasteiger partial charge on any atom is 0.239 e. The van der Waals surface area contributed by atoms with Crippen LogP contribution in [0.5, 0.6) is 5.88 Å². The number of aliphatic hydroxyl groups is 1. The van der Waals surface area contributed by atoms with E-state index in [2.05, 4.69) is 10.3 Å². The van der Waals surface area contributed by atoms with E-state index in [0.717, 1.165) is 36.7 Å². The van der Waals surface area contributed by atoms with E-state index in [1.165, 1.54) is 0 Å². The van der Waals surface area contributed by atoms with Crippen LogP contribution in [-0.2, 0) is 0 Å². The predicted octanol–water partition coefficient (Wildman–Crippen LogP) is 1.98. The molecule has 0 saturated carbocycles. The summed E-state index contributed by atoms with van der Waals surface area (Å²) in [5.74, 6) is 3.25. The van der Waals surface area contributed by atoms with Crippen molar-refractivity contribution in [3.05, 3.63) is 12.1 Å². The van der Waals surface area contributed by atoms with Crippen LogP contribution in [0.15, 0.2) is 12.1 Å². The number of thioether (sulfide) groups is 1. The number of pyridine rings is 1. The van der Waals surface area contributed by atoms with Crippen LogP contribution in [-0.4, -0.2) is 41.4 Å². The number of hydrogen-bond donors (Lipinski definition) is 3. The van der Waals surface area contributed by atoms with Gasteiger partial charge in [0.1, 0.15) is 5.82 Å². The van der Waals surface area contributed by atoms with E-state index in [9.17, 15) is 0 Å². The fraction of sp³-hybridized carbons (Fsp3) is 0.615. The Kier molecular flexibility index (Phi) is 8.16. The Morgan fingerprint density at radius 3 is 3.00 bits per heavy atom. The van der Waals surface area contributed by atoms with E-state index in [1.54, 1.807) is 6.07 Å². The first-order valence-corrected chi connectivity index (χ1v) is 7.75. The zero-order chi connectivity index (χ0) is 13.9. The summed E-state index contributed by atoms with van der Waals surface area (Å²) in [6, 6.07) is 3.66. The average molecular weight is 285 g/mol. The van der Waals surface area contributed by atoms with Gasteiger partial charge in [0, 0.05) is 18.9 Å². The van der Waals surface area contributed by atoms with E-state index in [0.29, 0.717) is 18.2 Å². The topological polar surface area (TPSA) is 80.4 Å². The molecular weight excluding hydrogens is 262 g/mol. The number of nitrogens with one attached hydrogen (secondary N) is 1. The van der Waals surface area contributed by atoms with Crippen molar-refractivity contribution in [2.24, 2.45) is 0 Å². The van der Waals surface area contributed by atoms with Gasteiger partial charge in [-0.1, -0.05) is 6.92 Å². The molecule has 0 fully saturated rings. The first kappa shape index (κ1) is 15.9. The van der Waals surface area contributed by atoms with Crippen molar-refractivity contribution in [1.29, 1.82) is 0 Å². The second-order valence-electron chi connectivity index (χ2n) is 4.06. The Labute approximate surface area is 118 Å². The zero-order valence-corrected chi connectivity index (χ0v) is 12.2. The highest BCUT2D eigenvalue weighted by atomic mass is 32.2. The summed E-state index contributed by atoms with van der Waals surface area (Å²) >= 11 is 1.81. The van der Waals surface area contributed by atoms with E-state index in [4.69, 9.17) is 15.6 Å². The second kappa shape index (κ2) is 9.75. The van der Waals surface area contributed by atoms with Gasteiger partial charge >= 0.3 is 0 Å². The lowest BCUT2D eigenvalue weighted by atomic mass is 10.4. The first-order chi connectivity index (χ1) is 9.27. The van der Waals surface area contributed by atoms with Crippen LogP contribution in [0.2, 0.25) is 0 Å². The number of ether oxygens (including phenoxy) is 1. The van der Waals surface area contributed by atoms with Gasteiger partial charge in [-0.05, 0) is 30.7 Å². The molecule has 1 heterocycles. The highest BCUT2D eigenvalue weighted by molar-refractivity contribution is 7.99. The molecule has 0 amide bonds. The van der Waals surface area contributed by atoms with Crippen LogP contribution in [0.3, 0.4) is 0 Å². The maximum absolute atomic E-state index is 8.66. The van der Waals surface area contributed by atoms with E-state index in [1.807, 2.05) is 24.8 Å². The summed E-state index contributed by atoms with van der Waals surface area (Å²) in [5.41, 5.74) is 6.36. The zero-order valence-electron chi connectivity index (χ0n) is 11.4. The van der Waals surface area contributed by atoms with Crippen molar-refractivity contribution >= 4 is 23.3 Å². The monoisotopic (exact) mass is 285 g/mol. The minimum absolute atomic E-state index is 0.262. The van der Waals surface area contributed by atoms with Crippen LogP contribution in [0.25, 0.3) is 0 Å². The molecule has 6 heteroatoms. The van der Waals surface area contributed by atoms with Gasteiger partial charge in [0.15, 0.2) is 0 Å². The Balaban J connectivity index is 2.33. The number of aromatic nitrogens is 1. The highest BCUT2D eigenvalue weighted by Gasteiger charge is 2.03. The molecule has 0 radical (unpaired) electrons. The third-order valence-electron chi connectivity index (χ3n) is 2.33. The largest absolute Gasteiger partial charge is 0.476 e. The molecule has 0 saturated heterocycles. The molecular formula is C13H23N3O2S. The first-order valence-electron chi connectivity index (χ1n) is 6.59. The maximum atomic E-state index is 8.66. The molecule has 1 aromatic heterocycles. The Morgan fingerprint density at radius 1 is 1.42 bits per heavy atom. The average Bonchev–Trinajstić information content (AvgIpc) is 2.43. The minimum atomic E-state index is 0.262. The molecule has 108 valence electrons. The molecule has 0 aromatic carbocycles. The Bertz CT molecular complexity index is 364. The fourth-order valence-electron chi connectivity index (χ4n) is 1.38. The molecule has 0 bridgehead atoms. The number of nitrogen functional groups attached to an aromatic ring is 1. The molecule has 0 aliphatic heterocycles. The van der Waals surface area contributed by atoms with Crippen LogP contribution < -0.4 is 15.8 Å². The molecule has 4 N–H and O–H groups in total. The summed E-state index contributed by atoms with van der Waals surface area (Å²) in [4.78, 5) is 4.34. The van der Waals surface area contributed by atoms with Crippen LogP contribution >= 0.6 is 11.8 Å². The predicted molar refractivity (Wildman–Crippen MR) is 82.0 cm³/mol. The van der Waals surface area contributed by atoms with Gasteiger partial charge in [0.2, 0.25) is 5.88 Å². The van der Waals surface area contributed by atoms with Crippen LogP contribution in [0, 0.1) is 0 Å². The van der Waals surface area contributed by atoms with E-state index < -0.39 is 0 Å². The molecule has 1 aromatic rings. The molecule has 0 aliphatic carbocycles. The molecule has 19 heavy (non-hydrogen) atoms. The SMILES string of the molecule is CCCOc1nc(NCCSCCCO)ccc1N. The Morgan fingerprint density at radius 2 is 2.26 bits per heavy atom. The van der Waals surface area contributed by atoms with Gasteiger partial charge in [-0.3, -0.25) is 0 Å².